The van der Waals surface area contributed by atoms with Crippen LogP contribution in [0.15, 0.2) is 48.5 Å². The molecule has 120 valence electrons. The first-order chi connectivity index (χ1) is 11.1. The van der Waals surface area contributed by atoms with Crippen LogP contribution in [0.25, 0.3) is 0 Å². The zero-order valence-electron chi connectivity index (χ0n) is 12.7. The number of anilines is 2. The monoisotopic (exact) mass is 315 g/mol. The van der Waals surface area contributed by atoms with Gasteiger partial charge in [0.15, 0.2) is 0 Å². The largest absolute Gasteiger partial charge is 0.341 e. The summed E-state index contributed by atoms with van der Waals surface area (Å²) in [6.07, 6.45) is 0.738. The summed E-state index contributed by atoms with van der Waals surface area (Å²) in [5.41, 5.74) is 2.05. The molecule has 2 aromatic carbocycles. The third kappa shape index (κ3) is 5.43. The number of aryl methyl sites for hydroxylation is 1. The fourth-order valence-electron chi connectivity index (χ4n) is 2.00. The van der Waals surface area contributed by atoms with Gasteiger partial charge < -0.3 is 16.0 Å². The lowest BCUT2D eigenvalue weighted by Gasteiger charge is -2.08. The molecule has 0 saturated heterocycles. The van der Waals surface area contributed by atoms with E-state index in [-0.39, 0.29) is 24.2 Å². The molecule has 2 aromatic rings. The van der Waals surface area contributed by atoms with Gasteiger partial charge in [-0.05, 0) is 48.4 Å². The zero-order chi connectivity index (χ0) is 16.7. The summed E-state index contributed by atoms with van der Waals surface area (Å²) in [5.74, 6) is -0.455. The van der Waals surface area contributed by atoms with Crippen LogP contribution < -0.4 is 16.0 Å². The maximum Gasteiger partial charge on any atom is 0.318 e. The fraction of sp³-hybridized carbons (Fsp3) is 0.176. The second kappa shape index (κ2) is 7.93. The van der Waals surface area contributed by atoms with E-state index in [1.807, 2.05) is 0 Å². The van der Waals surface area contributed by atoms with Crippen LogP contribution >= 0.6 is 0 Å². The van der Waals surface area contributed by atoms with E-state index in [1.54, 1.807) is 36.4 Å². The number of hydrogen-bond donors (Lipinski definition) is 3. The smallest absolute Gasteiger partial charge is 0.318 e. The predicted molar refractivity (Wildman–Crippen MR) is 87.9 cm³/mol. The third-order valence-electron chi connectivity index (χ3n) is 3.18. The Morgan fingerprint density at radius 1 is 1.00 bits per heavy atom. The quantitative estimate of drug-likeness (QED) is 0.793. The van der Waals surface area contributed by atoms with Gasteiger partial charge in [0.2, 0.25) is 5.91 Å². The average molecular weight is 315 g/mol. The molecule has 0 unspecified atom stereocenters. The van der Waals surface area contributed by atoms with Crippen LogP contribution in [0.4, 0.5) is 20.6 Å². The molecule has 3 amide bonds. The Labute approximate surface area is 133 Å². The lowest BCUT2D eigenvalue weighted by molar-refractivity contribution is -0.116. The molecule has 0 fully saturated rings. The standard InChI is InChI=1S/C17H18FN3O2/c1-19-17(23)21-15-8-6-14(7-9-15)20-16(22)10-5-12-3-2-4-13(18)11-12/h2-4,6-9,11H,5,10H2,1H3,(H,20,22)(H2,19,21,23). The van der Waals surface area contributed by atoms with Crippen LogP contribution in [0.3, 0.4) is 0 Å². The van der Waals surface area contributed by atoms with Gasteiger partial charge in [-0.3, -0.25) is 4.79 Å². The van der Waals surface area contributed by atoms with Crippen LogP contribution in [0.2, 0.25) is 0 Å². The summed E-state index contributed by atoms with van der Waals surface area (Å²) in [4.78, 5) is 23.1. The molecule has 23 heavy (non-hydrogen) atoms. The van der Waals surface area contributed by atoms with Crippen molar-refractivity contribution in [3.8, 4) is 0 Å². The van der Waals surface area contributed by atoms with Crippen molar-refractivity contribution in [2.45, 2.75) is 12.8 Å². The minimum Gasteiger partial charge on any atom is -0.341 e. The Morgan fingerprint density at radius 3 is 2.26 bits per heavy atom. The highest BCUT2D eigenvalue weighted by atomic mass is 19.1. The molecule has 0 aromatic heterocycles. The van der Waals surface area contributed by atoms with Crippen molar-refractivity contribution >= 4 is 23.3 Å². The molecule has 0 aliphatic rings. The third-order valence-corrected chi connectivity index (χ3v) is 3.18. The van der Waals surface area contributed by atoms with E-state index in [1.165, 1.54) is 19.2 Å². The maximum atomic E-state index is 13.1. The molecular formula is C17H18FN3O2. The molecule has 0 spiro atoms. The van der Waals surface area contributed by atoms with Gasteiger partial charge in [-0.15, -0.1) is 0 Å². The Bertz CT molecular complexity index is 686. The van der Waals surface area contributed by atoms with E-state index in [0.717, 1.165) is 5.56 Å². The molecule has 6 heteroatoms. The zero-order valence-corrected chi connectivity index (χ0v) is 12.7. The topological polar surface area (TPSA) is 70.2 Å². The average Bonchev–Trinajstić information content (AvgIpc) is 2.55. The Balaban J connectivity index is 1.84. The molecule has 3 N–H and O–H groups in total. The Morgan fingerprint density at radius 2 is 1.65 bits per heavy atom. The van der Waals surface area contributed by atoms with E-state index in [4.69, 9.17) is 0 Å². The molecule has 0 aliphatic carbocycles. The van der Waals surface area contributed by atoms with E-state index in [9.17, 15) is 14.0 Å². The maximum absolute atomic E-state index is 13.1. The number of amides is 3. The number of rotatable bonds is 5. The van der Waals surface area contributed by atoms with Crippen molar-refractivity contribution in [2.75, 3.05) is 17.7 Å². The second-order valence-corrected chi connectivity index (χ2v) is 4.96. The van der Waals surface area contributed by atoms with E-state index in [2.05, 4.69) is 16.0 Å². The van der Waals surface area contributed by atoms with Crippen LogP contribution in [0.1, 0.15) is 12.0 Å². The highest BCUT2D eigenvalue weighted by Crippen LogP contribution is 2.14. The lowest BCUT2D eigenvalue weighted by Crippen LogP contribution is -2.24. The first-order valence-corrected chi connectivity index (χ1v) is 7.20. The van der Waals surface area contributed by atoms with Gasteiger partial charge in [0, 0.05) is 24.8 Å². The van der Waals surface area contributed by atoms with Gasteiger partial charge in [0.1, 0.15) is 5.82 Å². The van der Waals surface area contributed by atoms with Gasteiger partial charge in [-0.25, -0.2) is 9.18 Å². The van der Waals surface area contributed by atoms with Gasteiger partial charge in [-0.2, -0.15) is 0 Å². The van der Waals surface area contributed by atoms with Gasteiger partial charge in [0.05, 0.1) is 0 Å². The summed E-state index contributed by atoms with van der Waals surface area (Å²) in [6, 6.07) is 12.7. The van der Waals surface area contributed by atoms with Crippen molar-refractivity contribution in [3.63, 3.8) is 0 Å². The van der Waals surface area contributed by atoms with Crippen LogP contribution in [-0.4, -0.2) is 19.0 Å². The molecule has 5 nitrogen and oxygen atoms in total. The first kappa shape index (κ1) is 16.5. The van der Waals surface area contributed by atoms with Crippen molar-refractivity contribution in [3.05, 3.63) is 59.9 Å². The van der Waals surface area contributed by atoms with Gasteiger partial charge in [0.25, 0.3) is 0 Å². The fourth-order valence-corrected chi connectivity index (χ4v) is 2.00. The molecule has 0 heterocycles. The summed E-state index contributed by atoms with van der Waals surface area (Å²) in [5, 5.41) is 7.84. The summed E-state index contributed by atoms with van der Waals surface area (Å²) < 4.78 is 13.1. The van der Waals surface area contributed by atoms with E-state index in [0.29, 0.717) is 17.8 Å². The van der Waals surface area contributed by atoms with E-state index < -0.39 is 0 Å². The molecule has 0 atom stereocenters. The number of urea groups is 1. The Hall–Kier alpha value is -2.89. The number of carbonyl (C=O) groups is 2. The number of halogens is 1. The van der Waals surface area contributed by atoms with E-state index >= 15 is 0 Å². The number of hydrogen-bond acceptors (Lipinski definition) is 2. The number of nitrogens with one attached hydrogen (secondary N) is 3. The van der Waals surface area contributed by atoms with Crippen molar-refractivity contribution in [1.82, 2.24) is 5.32 Å². The second-order valence-electron chi connectivity index (χ2n) is 4.96. The highest BCUT2D eigenvalue weighted by molar-refractivity contribution is 5.92. The molecule has 0 saturated carbocycles. The minimum absolute atomic E-state index is 0.152. The molecule has 0 bridgehead atoms. The summed E-state index contributed by atoms with van der Waals surface area (Å²) in [6.45, 7) is 0. The van der Waals surface area contributed by atoms with Crippen molar-refractivity contribution in [1.29, 1.82) is 0 Å². The van der Waals surface area contributed by atoms with Crippen LogP contribution in [-0.2, 0) is 11.2 Å². The van der Waals surface area contributed by atoms with Crippen LogP contribution in [0.5, 0.6) is 0 Å². The number of carbonyl (C=O) groups excluding carboxylic acids is 2. The van der Waals surface area contributed by atoms with Crippen LogP contribution in [0, 0.1) is 5.82 Å². The SMILES string of the molecule is CNC(=O)Nc1ccc(NC(=O)CCc2cccc(F)c2)cc1. The normalized spacial score (nSPS) is 10.0. The first-order valence-electron chi connectivity index (χ1n) is 7.20. The molecule has 2 rings (SSSR count). The van der Waals surface area contributed by atoms with Gasteiger partial charge in [-0.1, -0.05) is 12.1 Å². The molecular weight excluding hydrogens is 297 g/mol. The summed E-state index contributed by atoms with van der Waals surface area (Å²) in [7, 11) is 1.53. The van der Waals surface area contributed by atoms with Gasteiger partial charge >= 0.3 is 6.03 Å². The Kier molecular flexibility index (Phi) is 5.68. The van der Waals surface area contributed by atoms with Crippen molar-refractivity contribution in [2.24, 2.45) is 0 Å². The number of benzene rings is 2. The predicted octanol–water partition coefficient (Wildman–Crippen LogP) is 3.15. The minimum atomic E-state index is -0.308. The summed E-state index contributed by atoms with van der Waals surface area (Å²) >= 11 is 0. The molecule has 0 radical (unpaired) electrons. The molecule has 0 aliphatic heterocycles. The van der Waals surface area contributed by atoms with Crippen molar-refractivity contribution < 1.29 is 14.0 Å². The highest BCUT2D eigenvalue weighted by Gasteiger charge is 2.05. The lowest BCUT2D eigenvalue weighted by atomic mass is 10.1.